The molecule has 1 aromatic heterocycles. The van der Waals surface area contributed by atoms with Gasteiger partial charge in [0, 0.05) is 23.2 Å². The van der Waals surface area contributed by atoms with Gasteiger partial charge in [-0.1, -0.05) is 6.07 Å². The Hall–Kier alpha value is -1.80. The highest BCUT2D eigenvalue weighted by atomic mass is 32.2. The number of hydrogen-bond donors (Lipinski definition) is 0. The van der Waals surface area contributed by atoms with E-state index in [4.69, 9.17) is 0 Å². The summed E-state index contributed by atoms with van der Waals surface area (Å²) in [6.07, 6.45) is 0. The summed E-state index contributed by atoms with van der Waals surface area (Å²) in [7, 11) is -3.49. The first-order valence-electron chi connectivity index (χ1n) is 6.58. The van der Waals surface area contributed by atoms with Crippen molar-refractivity contribution in [2.45, 2.75) is 31.8 Å². The summed E-state index contributed by atoms with van der Waals surface area (Å²) in [6, 6.07) is 4.29. The fourth-order valence-electron chi connectivity index (χ4n) is 2.14. The van der Waals surface area contributed by atoms with E-state index in [-0.39, 0.29) is 11.4 Å². The molecule has 0 saturated carbocycles. The molecule has 8 heteroatoms. The van der Waals surface area contributed by atoms with Crippen LogP contribution in [-0.2, 0) is 15.6 Å². The first-order chi connectivity index (χ1) is 10.2. The maximum Gasteiger partial charge on any atom is 0.269 e. The van der Waals surface area contributed by atoms with E-state index in [0.29, 0.717) is 10.6 Å². The molecule has 0 saturated heterocycles. The molecule has 0 N–H and O–H groups in total. The average molecular weight is 340 g/mol. The van der Waals surface area contributed by atoms with Gasteiger partial charge in [0.05, 0.1) is 10.2 Å². The van der Waals surface area contributed by atoms with E-state index < -0.39 is 20.0 Å². The largest absolute Gasteiger partial charge is 0.269 e. The molecule has 2 rings (SSSR count). The van der Waals surface area contributed by atoms with Gasteiger partial charge in [0.25, 0.3) is 5.69 Å². The van der Waals surface area contributed by atoms with Crippen LogP contribution in [0.5, 0.6) is 0 Å². The maximum absolute atomic E-state index is 12.5. The molecule has 1 aromatic carbocycles. The second kappa shape index (κ2) is 6.13. The molecule has 0 spiro atoms. The predicted octanol–water partition coefficient (Wildman–Crippen LogP) is 3.34. The van der Waals surface area contributed by atoms with Crippen LogP contribution in [0, 0.1) is 24.0 Å². The zero-order valence-corrected chi connectivity index (χ0v) is 14.1. The van der Waals surface area contributed by atoms with E-state index in [9.17, 15) is 18.5 Å². The second-order valence-electron chi connectivity index (χ2n) is 5.13. The van der Waals surface area contributed by atoms with Gasteiger partial charge in [0.1, 0.15) is 10.8 Å². The first-order valence-corrected chi connectivity index (χ1v) is 9.17. The van der Waals surface area contributed by atoms with E-state index >= 15 is 0 Å². The molecule has 0 aliphatic heterocycles. The van der Waals surface area contributed by atoms with Gasteiger partial charge in [0.2, 0.25) is 0 Å². The molecule has 118 valence electrons. The van der Waals surface area contributed by atoms with Gasteiger partial charge in [-0.15, -0.1) is 11.3 Å². The standard InChI is InChI=1S/C14H16N2O4S2/c1-9-4-5-12(16(17)18)6-13(9)11(3)22(19,20)8-14-15-10(2)7-21-14/h4-7,11H,8H2,1-3H3. The Labute approximate surface area is 132 Å². The third kappa shape index (κ3) is 3.50. The predicted molar refractivity (Wildman–Crippen MR) is 85.7 cm³/mol. The van der Waals surface area contributed by atoms with Gasteiger partial charge in [-0.3, -0.25) is 10.1 Å². The molecule has 1 unspecified atom stereocenters. The number of nitrogens with zero attached hydrogens (tertiary/aromatic N) is 2. The molecule has 0 aliphatic carbocycles. The average Bonchev–Trinajstić information content (AvgIpc) is 2.82. The van der Waals surface area contributed by atoms with Crippen LogP contribution >= 0.6 is 11.3 Å². The Morgan fingerprint density at radius 1 is 1.36 bits per heavy atom. The fraction of sp³-hybridized carbons (Fsp3) is 0.357. The van der Waals surface area contributed by atoms with Crippen LogP contribution in [0.4, 0.5) is 5.69 Å². The summed E-state index contributed by atoms with van der Waals surface area (Å²) >= 11 is 1.30. The Morgan fingerprint density at radius 3 is 2.59 bits per heavy atom. The zero-order chi connectivity index (χ0) is 16.5. The number of sulfone groups is 1. The number of aryl methyl sites for hydroxylation is 2. The summed E-state index contributed by atoms with van der Waals surface area (Å²) in [6.45, 7) is 5.11. The van der Waals surface area contributed by atoms with E-state index in [1.54, 1.807) is 32.2 Å². The van der Waals surface area contributed by atoms with Gasteiger partial charge in [-0.2, -0.15) is 0 Å². The normalized spacial score (nSPS) is 13.0. The smallest absolute Gasteiger partial charge is 0.258 e. The molecule has 0 aliphatic rings. The van der Waals surface area contributed by atoms with Gasteiger partial charge in [0.15, 0.2) is 9.84 Å². The molecule has 1 heterocycles. The summed E-state index contributed by atoms with van der Waals surface area (Å²) in [5.74, 6) is -0.158. The third-order valence-electron chi connectivity index (χ3n) is 3.44. The number of nitro benzene ring substituents is 1. The third-order valence-corrected chi connectivity index (χ3v) is 6.60. The highest BCUT2D eigenvalue weighted by Gasteiger charge is 2.27. The number of nitro groups is 1. The van der Waals surface area contributed by atoms with Crippen molar-refractivity contribution in [3.05, 3.63) is 55.5 Å². The second-order valence-corrected chi connectivity index (χ2v) is 8.39. The van der Waals surface area contributed by atoms with Crippen molar-refractivity contribution < 1.29 is 13.3 Å². The topological polar surface area (TPSA) is 90.2 Å². The van der Waals surface area contributed by atoms with Crippen molar-refractivity contribution in [3.63, 3.8) is 0 Å². The van der Waals surface area contributed by atoms with Crippen LogP contribution in [0.15, 0.2) is 23.6 Å². The Morgan fingerprint density at radius 2 is 2.05 bits per heavy atom. The summed E-state index contributed by atoms with van der Waals surface area (Å²) < 4.78 is 25.1. The Balaban J connectivity index is 2.35. The Kier molecular flexibility index (Phi) is 4.62. The minimum Gasteiger partial charge on any atom is -0.258 e. The molecule has 6 nitrogen and oxygen atoms in total. The number of thiazole rings is 1. The van der Waals surface area contributed by atoms with Gasteiger partial charge in [-0.05, 0) is 31.9 Å². The molecule has 0 bridgehead atoms. The van der Waals surface area contributed by atoms with E-state index in [2.05, 4.69) is 4.98 Å². The molecule has 0 amide bonds. The summed E-state index contributed by atoms with van der Waals surface area (Å²) in [4.78, 5) is 14.5. The summed E-state index contributed by atoms with van der Waals surface area (Å²) in [5.41, 5.74) is 1.86. The lowest BCUT2D eigenvalue weighted by Gasteiger charge is -2.14. The lowest BCUT2D eigenvalue weighted by Crippen LogP contribution is -2.14. The molecule has 2 aromatic rings. The van der Waals surface area contributed by atoms with Crippen LogP contribution in [0.25, 0.3) is 0 Å². The van der Waals surface area contributed by atoms with E-state index in [1.807, 2.05) is 0 Å². The summed E-state index contributed by atoms with van der Waals surface area (Å²) in [5, 5.41) is 12.4. The van der Waals surface area contributed by atoms with Gasteiger partial charge >= 0.3 is 0 Å². The molecule has 0 radical (unpaired) electrons. The molecule has 0 fully saturated rings. The fourth-order valence-corrected chi connectivity index (χ4v) is 4.76. The lowest BCUT2D eigenvalue weighted by atomic mass is 10.1. The van der Waals surface area contributed by atoms with Crippen molar-refractivity contribution in [1.29, 1.82) is 0 Å². The minimum atomic E-state index is -3.49. The van der Waals surface area contributed by atoms with Gasteiger partial charge in [-0.25, -0.2) is 13.4 Å². The van der Waals surface area contributed by atoms with Gasteiger partial charge < -0.3 is 0 Å². The minimum absolute atomic E-state index is 0.104. The quantitative estimate of drug-likeness (QED) is 0.615. The van der Waals surface area contributed by atoms with Crippen molar-refractivity contribution in [1.82, 2.24) is 4.98 Å². The molecular formula is C14H16N2O4S2. The number of aromatic nitrogens is 1. The molecule has 1 atom stereocenters. The maximum atomic E-state index is 12.5. The highest BCUT2D eigenvalue weighted by molar-refractivity contribution is 7.91. The molecule has 22 heavy (non-hydrogen) atoms. The van der Waals surface area contributed by atoms with Crippen LogP contribution in [-0.4, -0.2) is 18.3 Å². The van der Waals surface area contributed by atoms with Crippen molar-refractivity contribution in [3.8, 4) is 0 Å². The first kappa shape index (κ1) is 16.6. The lowest BCUT2D eigenvalue weighted by molar-refractivity contribution is -0.384. The number of hydrogen-bond acceptors (Lipinski definition) is 6. The molecular weight excluding hydrogens is 324 g/mol. The van der Waals surface area contributed by atoms with Crippen LogP contribution < -0.4 is 0 Å². The van der Waals surface area contributed by atoms with Crippen molar-refractivity contribution >= 4 is 26.9 Å². The number of non-ortho nitro benzene ring substituents is 1. The highest BCUT2D eigenvalue weighted by Crippen LogP contribution is 2.30. The SMILES string of the molecule is Cc1csc(CS(=O)(=O)C(C)c2cc([N+](=O)[O-])ccc2C)n1. The number of benzene rings is 1. The van der Waals surface area contributed by atoms with E-state index in [0.717, 1.165) is 11.3 Å². The monoisotopic (exact) mass is 340 g/mol. The van der Waals surface area contributed by atoms with Crippen LogP contribution in [0.3, 0.4) is 0 Å². The number of rotatable bonds is 5. The van der Waals surface area contributed by atoms with E-state index in [1.165, 1.54) is 23.5 Å². The Bertz CT molecular complexity index is 812. The zero-order valence-electron chi connectivity index (χ0n) is 12.4. The van der Waals surface area contributed by atoms with Crippen molar-refractivity contribution in [2.24, 2.45) is 0 Å². The van der Waals surface area contributed by atoms with Crippen LogP contribution in [0.1, 0.15) is 34.0 Å². The van der Waals surface area contributed by atoms with Crippen LogP contribution in [0.2, 0.25) is 0 Å². The van der Waals surface area contributed by atoms with Crippen molar-refractivity contribution in [2.75, 3.05) is 0 Å².